The highest BCUT2D eigenvalue weighted by Crippen LogP contribution is 2.41. The van der Waals surface area contributed by atoms with E-state index < -0.39 is 5.92 Å². The van der Waals surface area contributed by atoms with E-state index in [1.165, 1.54) is 5.56 Å². The lowest BCUT2D eigenvalue weighted by Gasteiger charge is -2.28. The largest absolute Gasteiger partial charge is 0.507 e. The number of Topliss-reactive ketones (excluding diaryl/α,β-unsaturated/α-hetero) is 1. The van der Waals surface area contributed by atoms with Crippen LogP contribution in [0.3, 0.4) is 0 Å². The average molecular weight is 614 g/mol. The van der Waals surface area contributed by atoms with E-state index in [4.69, 9.17) is 9.73 Å². The highest BCUT2D eigenvalue weighted by Gasteiger charge is 2.38. The smallest absolute Gasteiger partial charge is 0.176 e. The van der Waals surface area contributed by atoms with Crippen molar-refractivity contribution in [3.05, 3.63) is 101 Å². The Hall–Kier alpha value is -3.15. The van der Waals surface area contributed by atoms with Gasteiger partial charge in [0.25, 0.3) is 0 Å². The molecule has 0 radical (unpaired) electrons. The Balaban J connectivity index is 0.00000259. The monoisotopic (exact) mass is 613 g/mol. The van der Waals surface area contributed by atoms with Gasteiger partial charge in [0, 0.05) is 17.1 Å². The van der Waals surface area contributed by atoms with Gasteiger partial charge in [0.15, 0.2) is 5.78 Å². The molecule has 0 spiro atoms. The number of fused-ring (bicyclic) bond motifs is 1. The molecule has 0 fully saturated rings. The van der Waals surface area contributed by atoms with Gasteiger partial charge in [0.05, 0.1) is 24.3 Å². The van der Waals surface area contributed by atoms with Crippen LogP contribution in [0.1, 0.15) is 101 Å². The molecule has 2 aromatic rings. The summed E-state index contributed by atoms with van der Waals surface area (Å²) in [4.78, 5) is 19.2. The summed E-state index contributed by atoms with van der Waals surface area (Å²) in [6.07, 6.45) is 11.7. The number of carbonyl (C=O) groups excluding carboxylic acids is 1. The van der Waals surface area contributed by atoms with E-state index in [0.29, 0.717) is 24.5 Å². The van der Waals surface area contributed by atoms with Crippen LogP contribution in [0.2, 0.25) is 0 Å². The SMILES string of the molecule is C=C1c2cc(S)ccc2C(=O)C1C1=NC(COCCCc2cc(C(C)(C)C)c(O)c(C(C)(C)C)c2)/C(=C\C=C/C)C=C1.CC. The molecule has 2 aromatic carbocycles. The van der Waals surface area contributed by atoms with E-state index in [2.05, 4.69) is 79.0 Å². The van der Waals surface area contributed by atoms with Crippen molar-refractivity contribution in [2.75, 3.05) is 13.2 Å². The minimum absolute atomic E-state index is 0.0328. The van der Waals surface area contributed by atoms with Crippen molar-refractivity contribution in [3.63, 3.8) is 0 Å². The number of thiol groups is 1. The molecule has 44 heavy (non-hydrogen) atoms. The fraction of sp³-hybridized carbons (Fsp3) is 0.436. The molecule has 2 atom stereocenters. The molecule has 4 nitrogen and oxygen atoms in total. The Labute approximate surface area is 271 Å². The molecular formula is C39H51NO3S. The summed E-state index contributed by atoms with van der Waals surface area (Å²) in [6.45, 7) is 24.1. The number of hydrogen-bond acceptors (Lipinski definition) is 5. The Morgan fingerprint density at radius 3 is 2.23 bits per heavy atom. The topological polar surface area (TPSA) is 58.9 Å². The van der Waals surface area contributed by atoms with Crippen molar-refractivity contribution < 1.29 is 14.6 Å². The minimum Gasteiger partial charge on any atom is -0.507 e. The number of aliphatic imine (C=N–C) groups is 1. The molecule has 1 aliphatic heterocycles. The third kappa shape index (κ3) is 8.11. The first-order valence-corrected chi connectivity index (χ1v) is 16.3. The number of ether oxygens (including phenoxy) is 1. The molecule has 0 aromatic heterocycles. The molecule has 2 unspecified atom stereocenters. The van der Waals surface area contributed by atoms with Crippen LogP contribution in [0.15, 0.2) is 82.8 Å². The van der Waals surface area contributed by atoms with E-state index in [-0.39, 0.29) is 22.7 Å². The molecule has 4 rings (SSSR count). The predicted molar refractivity (Wildman–Crippen MR) is 190 cm³/mol. The van der Waals surface area contributed by atoms with Crippen LogP contribution in [0.4, 0.5) is 0 Å². The highest BCUT2D eigenvalue weighted by molar-refractivity contribution is 7.80. The molecule has 1 heterocycles. The van der Waals surface area contributed by atoms with Gasteiger partial charge in [0.2, 0.25) is 0 Å². The van der Waals surface area contributed by atoms with Crippen LogP contribution in [0.25, 0.3) is 5.57 Å². The van der Waals surface area contributed by atoms with Gasteiger partial charge in [-0.05, 0) is 88.3 Å². The predicted octanol–water partition coefficient (Wildman–Crippen LogP) is 9.66. The average Bonchev–Trinajstić information content (AvgIpc) is 3.21. The fourth-order valence-corrected chi connectivity index (χ4v) is 5.82. The molecule has 0 saturated carbocycles. The molecule has 1 N–H and O–H groups in total. The lowest BCUT2D eigenvalue weighted by atomic mass is 9.78. The lowest BCUT2D eigenvalue weighted by Crippen LogP contribution is -2.26. The number of aryl methyl sites for hydroxylation is 1. The first-order chi connectivity index (χ1) is 20.7. The number of benzene rings is 2. The molecule has 0 bridgehead atoms. The second-order valence-electron chi connectivity index (χ2n) is 13.4. The van der Waals surface area contributed by atoms with Gasteiger partial charge >= 0.3 is 0 Å². The molecule has 0 amide bonds. The van der Waals surface area contributed by atoms with E-state index >= 15 is 0 Å². The van der Waals surface area contributed by atoms with Crippen LogP contribution >= 0.6 is 12.6 Å². The zero-order valence-corrected chi connectivity index (χ0v) is 29.0. The number of ketones is 1. The Kier molecular flexibility index (Phi) is 11.8. The summed E-state index contributed by atoms with van der Waals surface area (Å²) in [5.41, 5.74) is 6.95. The number of carbonyl (C=O) groups is 1. The summed E-state index contributed by atoms with van der Waals surface area (Å²) in [5, 5.41) is 11.0. The quantitative estimate of drug-likeness (QED) is 0.230. The summed E-state index contributed by atoms with van der Waals surface area (Å²) in [6, 6.07) is 9.66. The molecular weight excluding hydrogens is 563 g/mol. The van der Waals surface area contributed by atoms with Gasteiger partial charge in [-0.1, -0.05) is 98.4 Å². The molecule has 5 heteroatoms. The molecule has 2 aliphatic rings. The minimum atomic E-state index is -0.485. The number of nitrogens with zero attached hydrogens (tertiary/aromatic N) is 1. The summed E-state index contributed by atoms with van der Waals surface area (Å²) in [7, 11) is 0. The zero-order chi connectivity index (χ0) is 32.8. The first kappa shape index (κ1) is 35.3. The number of dihydropyridines is 1. The maximum atomic E-state index is 13.3. The Morgan fingerprint density at radius 2 is 1.64 bits per heavy atom. The second kappa shape index (κ2) is 14.8. The van der Waals surface area contributed by atoms with Crippen LogP contribution in [0, 0.1) is 5.92 Å². The van der Waals surface area contributed by atoms with E-state index in [9.17, 15) is 9.90 Å². The van der Waals surface area contributed by atoms with Crippen LogP contribution in [0.5, 0.6) is 5.75 Å². The Morgan fingerprint density at radius 1 is 1.00 bits per heavy atom. The number of hydrogen-bond donors (Lipinski definition) is 2. The van der Waals surface area contributed by atoms with Crippen molar-refractivity contribution in [1.82, 2.24) is 0 Å². The number of aromatic hydroxyl groups is 1. The normalized spacial score (nSPS) is 19.3. The fourth-order valence-electron chi connectivity index (χ4n) is 5.62. The summed E-state index contributed by atoms with van der Waals surface area (Å²) >= 11 is 4.45. The summed E-state index contributed by atoms with van der Waals surface area (Å²) in [5.74, 6) is -0.0434. The summed E-state index contributed by atoms with van der Waals surface area (Å²) < 4.78 is 6.19. The third-order valence-corrected chi connectivity index (χ3v) is 8.23. The number of allylic oxidation sites excluding steroid dienone is 5. The van der Waals surface area contributed by atoms with Crippen molar-refractivity contribution in [2.24, 2.45) is 10.9 Å². The van der Waals surface area contributed by atoms with Gasteiger partial charge in [-0.15, -0.1) is 12.6 Å². The standard InChI is InChI=1S/C37H45NO3S.C2H6/c1-9-10-13-25-14-17-31(33-23(2)28-21-26(42)15-16-27(28)34(33)39)38-32(25)22-41-18-11-12-24-19-29(36(3,4)5)35(40)30(20-24)37(6,7)8;1-2/h9-10,13-17,19-21,32-33,40,42H,2,11-12,18,22H2,1,3-8H3;1-2H3/b10-9-,25-13-;. The van der Waals surface area contributed by atoms with E-state index in [0.717, 1.165) is 51.3 Å². The van der Waals surface area contributed by atoms with Gasteiger partial charge in [-0.3, -0.25) is 9.79 Å². The van der Waals surface area contributed by atoms with Gasteiger partial charge in [-0.2, -0.15) is 0 Å². The number of phenols is 1. The highest BCUT2D eigenvalue weighted by atomic mass is 32.1. The lowest BCUT2D eigenvalue weighted by molar-refractivity contribution is 0.0982. The molecule has 0 saturated heterocycles. The van der Waals surface area contributed by atoms with Crippen molar-refractivity contribution in [1.29, 1.82) is 0 Å². The van der Waals surface area contributed by atoms with Crippen molar-refractivity contribution >= 4 is 29.7 Å². The third-order valence-electron chi connectivity index (χ3n) is 7.95. The zero-order valence-electron chi connectivity index (χ0n) is 28.1. The van der Waals surface area contributed by atoms with Gasteiger partial charge in [0.1, 0.15) is 5.75 Å². The number of rotatable bonds is 8. The van der Waals surface area contributed by atoms with Crippen molar-refractivity contribution in [2.45, 2.75) is 96.9 Å². The van der Waals surface area contributed by atoms with Crippen LogP contribution in [-0.4, -0.2) is 35.9 Å². The second-order valence-corrected chi connectivity index (χ2v) is 13.9. The maximum Gasteiger partial charge on any atom is 0.176 e. The van der Waals surface area contributed by atoms with Gasteiger partial charge < -0.3 is 9.84 Å². The van der Waals surface area contributed by atoms with E-state index in [1.807, 2.05) is 63.3 Å². The molecule has 1 aliphatic carbocycles. The van der Waals surface area contributed by atoms with Gasteiger partial charge in [-0.25, -0.2) is 0 Å². The maximum absolute atomic E-state index is 13.3. The number of phenolic OH excluding ortho intramolecular Hbond substituents is 1. The van der Waals surface area contributed by atoms with Crippen LogP contribution in [-0.2, 0) is 22.0 Å². The van der Waals surface area contributed by atoms with E-state index in [1.54, 1.807) is 0 Å². The molecule has 236 valence electrons. The Bertz CT molecular complexity index is 1460. The first-order valence-electron chi connectivity index (χ1n) is 15.8. The van der Waals surface area contributed by atoms with Crippen LogP contribution < -0.4 is 0 Å². The van der Waals surface area contributed by atoms with Crippen molar-refractivity contribution in [3.8, 4) is 5.75 Å².